The molecule has 0 aliphatic heterocycles. The van der Waals surface area contributed by atoms with E-state index in [0.717, 1.165) is 0 Å². The van der Waals surface area contributed by atoms with Gasteiger partial charge in [0, 0.05) is 30.1 Å². The second-order valence-electron chi connectivity index (χ2n) is 7.70. The molecule has 3 heterocycles. The van der Waals surface area contributed by atoms with Gasteiger partial charge in [-0.05, 0) is 39.0 Å². The van der Waals surface area contributed by atoms with Crippen molar-refractivity contribution < 1.29 is 14.0 Å². The number of nitrogens with two attached hydrogens (primary N) is 1. The van der Waals surface area contributed by atoms with Crippen LogP contribution in [0.3, 0.4) is 0 Å². The Labute approximate surface area is 177 Å². The van der Waals surface area contributed by atoms with Crippen molar-refractivity contribution >= 4 is 16.9 Å². The molecule has 0 aliphatic carbocycles. The normalized spacial score (nSPS) is 13.6. The average molecular weight is 421 g/mol. The Morgan fingerprint density at radius 2 is 1.97 bits per heavy atom. The molecule has 9 nitrogen and oxygen atoms in total. The van der Waals surface area contributed by atoms with Gasteiger partial charge in [-0.2, -0.15) is 15.1 Å². The Morgan fingerprint density at radius 3 is 2.61 bits per heavy atom. The van der Waals surface area contributed by atoms with Gasteiger partial charge in [0.2, 0.25) is 17.7 Å². The van der Waals surface area contributed by atoms with Crippen LogP contribution in [0, 0.1) is 18.8 Å². The number of fused-ring (bicyclic) bond motifs is 1. The van der Waals surface area contributed by atoms with Crippen molar-refractivity contribution in [3.63, 3.8) is 0 Å². The zero-order valence-corrected chi connectivity index (χ0v) is 17.4. The van der Waals surface area contributed by atoms with Crippen molar-refractivity contribution in [1.82, 2.24) is 29.9 Å². The largest absolute Gasteiger partial charge is 0.371 e. The summed E-state index contributed by atoms with van der Waals surface area (Å²) in [6, 6.07) is 6.82. The van der Waals surface area contributed by atoms with E-state index in [1.54, 1.807) is 31.2 Å². The lowest BCUT2D eigenvalue weighted by Crippen LogP contribution is -2.20. The van der Waals surface area contributed by atoms with E-state index in [4.69, 9.17) is 10.3 Å². The number of halogens is 1. The SMILES string of the molecule is Cc1nc([C@](C)(O)C#Cc2ccc3c(C(C)(C)F)nn(-c4ccnc(N)n4)c3c2)no1. The first kappa shape index (κ1) is 20.4. The maximum Gasteiger partial charge on any atom is 0.223 e. The molecular formula is C21H20FN7O2. The molecule has 4 rings (SSSR count). The van der Waals surface area contributed by atoms with E-state index in [1.807, 2.05) is 0 Å². The van der Waals surface area contributed by atoms with E-state index in [9.17, 15) is 9.50 Å². The van der Waals surface area contributed by atoms with Crippen LogP contribution in [0.25, 0.3) is 16.7 Å². The molecule has 1 atom stereocenters. The van der Waals surface area contributed by atoms with Crippen LogP contribution in [-0.4, -0.2) is 35.0 Å². The number of benzene rings is 1. The van der Waals surface area contributed by atoms with Crippen molar-refractivity contribution in [3.8, 4) is 17.7 Å². The Kier molecular flexibility index (Phi) is 4.71. The second-order valence-corrected chi connectivity index (χ2v) is 7.70. The van der Waals surface area contributed by atoms with Gasteiger partial charge < -0.3 is 15.4 Å². The van der Waals surface area contributed by atoms with E-state index in [-0.39, 0.29) is 17.5 Å². The molecule has 0 spiro atoms. The van der Waals surface area contributed by atoms with Crippen molar-refractivity contribution in [1.29, 1.82) is 0 Å². The number of hydrogen-bond donors (Lipinski definition) is 2. The standard InChI is InChI=1S/C21H20FN7O2/c1-12-25-18(28-31-12)21(4,30)9-7-13-5-6-14-15(11-13)29(27-17(14)20(2,3)22)16-8-10-24-19(23)26-16/h5-6,8,10-11,30H,1-4H3,(H2,23,24,26)/t21-/m1/s1. The summed E-state index contributed by atoms with van der Waals surface area (Å²) in [7, 11) is 0. The number of nitrogens with zero attached hydrogens (tertiary/aromatic N) is 6. The number of alkyl halides is 1. The zero-order valence-electron chi connectivity index (χ0n) is 17.4. The molecule has 3 N–H and O–H groups in total. The Morgan fingerprint density at radius 1 is 1.19 bits per heavy atom. The summed E-state index contributed by atoms with van der Waals surface area (Å²) < 4.78 is 21.2. The third-order valence-electron chi connectivity index (χ3n) is 4.53. The van der Waals surface area contributed by atoms with Crippen molar-refractivity contribution in [2.24, 2.45) is 0 Å². The van der Waals surface area contributed by atoms with Gasteiger partial charge in [-0.3, -0.25) is 0 Å². The van der Waals surface area contributed by atoms with Crippen molar-refractivity contribution in [3.05, 3.63) is 53.4 Å². The van der Waals surface area contributed by atoms with E-state index in [0.29, 0.717) is 28.2 Å². The molecular weight excluding hydrogens is 401 g/mol. The molecule has 10 heteroatoms. The van der Waals surface area contributed by atoms with Crippen LogP contribution < -0.4 is 5.73 Å². The molecule has 0 amide bonds. The topological polar surface area (TPSA) is 129 Å². The maximum absolute atomic E-state index is 14.8. The number of rotatable bonds is 3. The van der Waals surface area contributed by atoms with Gasteiger partial charge >= 0.3 is 0 Å². The van der Waals surface area contributed by atoms with Gasteiger partial charge in [-0.1, -0.05) is 17.0 Å². The highest BCUT2D eigenvalue weighted by Crippen LogP contribution is 2.32. The quantitative estimate of drug-likeness (QED) is 0.483. The van der Waals surface area contributed by atoms with Crippen molar-refractivity contribution in [2.75, 3.05) is 5.73 Å². The summed E-state index contributed by atoms with van der Waals surface area (Å²) in [4.78, 5) is 12.1. The molecule has 0 saturated heterocycles. The second kappa shape index (κ2) is 7.14. The third-order valence-corrected chi connectivity index (χ3v) is 4.53. The fourth-order valence-corrected chi connectivity index (χ4v) is 3.03. The van der Waals surface area contributed by atoms with Crippen LogP contribution in [0.2, 0.25) is 0 Å². The number of hydrogen-bond acceptors (Lipinski definition) is 8. The lowest BCUT2D eigenvalue weighted by Gasteiger charge is -2.11. The minimum atomic E-state index is -1.69. The van der Waals surface area contributed by atoms with E-state index in [1.165, 1.54) is 31.6 Å². The van der Waals surface area contributed by atoms with Crippen LogP contribution >= 0.6 is 0 Å². The predicted octanol–water partition coefficient (Wildman–Crippen LogP) is 2.55. The minimum absolute atomic E-state index is 0.0709. The molecule has 1 aromatic carbocycles. The zero-order chi connectivity index (χ0) is 22.4. The van der Waals surface area contributed by atoms with Gasteiger partial charge in [-0.15, -0.1) is 0 Å². The molecule has 3 aromatic heterocycles. The van der Waals surface area contributed by atoms with E-state index < -0.39 is 11.3 Å². The number of nitrogen functional groups attached to an aromatic ring is 1. The lowest BCUT2D eigenvalue weighted by molar-refractivity contribution is 0.108. The van der Waals surface area contributed by atoms with Gasteiger partial charge in [0.1, 0.15) is 11.4 Å². The number of anilines is 1. The number of aliphatic hydroxyl groups is 1. The summed E-state index contributed by atoms with van der Waals surface area (Å²) in [5, 5.41) is 19.4. The molecule has 31 heavy (non-hydrogen) atoms. The lowest BCUT2D eigenvalue weighted by atomic mass is 10.0. The molecule has 158 valence electrons. The summed E-state index contributed by atoms with van der Waals surface area (Å²) in [5.41, 5.74) is 3.82. The van der Waals surface area contributed by atoms with Gasteiger partial charge in [-0.25, -0.2) is 14.1 Å². The van der Waals surface area contributed by atoms with E-state index >= 15 is 0 Å². The first-order chi connectivity index (χ1) is 14.5. The smallest absolute Gasteiger partial charge is 0.223 e. The fourth-order valence-electron chi connectivity index (χ4n) is 3.03. The van der Waals surface area contributed by atoms with Crippen LogP contribution in [0.1, 0.15) is 43.7 Å². The predicted molar refractivity (Wildman–Crippen MR) is 111 cm³/mol. The highest BCUT2D eigenvalue weighted by atomic mass is 19.1. The first-order valence-corrected chi connectivity index (χ1v) is 9.42. The summed E-state index contributed by atoms with van der Waals surface area (Å²) >= 11 is 0. The fraction of sp³-hybridized carbons (Fsp3) is 0.286. The summed E-state index contributed by atoms with van der Waals surface area (Å²) in [6.45, 7) is 5.97. The molecule has 4 aromatic rings. The Hall–Kier alpha value is -3.84. The van der Waals surface area contributed by atoms with Gasteiger partial charge in [0.25, 0.3) is 0 Å². The molecule has 0 aliphatic rings. The van der Waals surface area contributed by atoms with Gasteiger partial charge in [0.15, 0.2) is 11.4 Å². The van der Waals surface area contributed by atoms with Crippen LogP contribution in [-0.2, 0) is 11.3 Å². The summed E-state index contributed by atoms with van der Waals surface area (Å²) in [5.74, 6) is 6.52. The maximum atomic E-state index is 14.8. The van der Waals surface area contributed by atoms with Gasteiger partial charge in [0.05, 0.1) is 5.52 Å². The molecule has 0 fully saturated rings. The number of aromatic nitrogens is 6. The van der Waals surface area contributed by atoms with Crippen molar-refractivity contribution in [2.45, 2.75) is 39.0 Å². The average Bonchev–Trinajstić information content (AvgIpc) is 3.30. The van der Waals surface area contributed by atoms with Crippen LogP contribution in [0.5, 0.6) is 0 Å². The van der Waals surface area contributed by atoms with E-state index in [2.05, 4.69) is 37.0 Å². The summed E-state index contributed by atoms with van der Waals surface area (Å²) in [6.07, 6.45) is 1.50. The third kappa shape index (κ3) is 3.95. The Bertz CT molecular complexity index is 1340. The number of aryl methyl sites for hydroxylation is 1. The minimum Gasteiger partial charge on any atom is -0.371 e. The van der Waals surface area contributed by atoms with Crippen LogP contribution in [0.4, 0.5) is 10.3 Å². The first-order valence-electron chi connectivity index (χ1n) is 9.42. The highest BCUT2D eigenvalue weighted by Gasteiger charge is 2.28. The molecule has 0 radical (unpaired) electrons. The van der Waals surface area contributed by atoms with Crippen LogP contribution in [0.15, 0.2) is 35.0 Å². The molecule has 0 saturated carbocycles. The Balaban J connectivity index is 1.84. The monoisotopic (exact) mass is 421 g/mol. The molecule has 0 unspecified atom stereocenters. The highest BCUT2D eigenvalue weighted by molar-refractivity contribution is 5.85. The molecule has 0 bridgehead atoms.